The van der Waals surface area contributed by atoms with E-state index in [0.29, 0.717) is 0 Å². The highest BCUT2D eigenvalue weighted by atomic mass is 15.4. The van der Waals surface area contributed by atoms with E-state index in [9.17, 15) is 0 Å². The van der Waals surface area contributed by atoms with Crippen LogP contribution in [0, 0.1) is 6.92 Å². The minimum atomic E-state index is 0.192. The third-order valence-electron chi connectivity index (χ3n) is 3.74. The van der Waals surface area contributed by atoms with Gasteiger partial charge in [0.1, 0.15) is 5.69 Å². The van der Waals surface area contributed by atoms with Gasteiger partial charge < -0.3 is 5.32 Å². The summed E-state index contributed by atoms with van der Waals surface area (Å²) < 4.78 is 1.90. The number of hydrogen-bond acceptors (Lipinski definition) is 4. The fourth-order valence-corrected chi connectivity index (χ4v) is 2.65. The van der Waals surface area contributed by atoms with E-state index in [1.807, 2.05) is 29.1 Å². The number of pyridine rings is 1. The van der Waals surface area contributed by atoms with E-state index in [1.54, 1.807) is 6.20 Å². The largest absolute Gasteiger partial charge is 0.309 e. The first-order valence-corrected chi connectivity index (χ1v) is 7.21. The standard InChI is InChI=1S/C16H19N5/c1-4-18-11(2)16-12(3)21(20-19-16)15-7-5-6-13-8-9-17-10-14(13)15/h5-11,18H,4H2,1-3H3. The van der Waals surface area contributed by atoms with Gasteiger partial charge in [-0.25, -0.2) is 4.68 Å². The van der Waals surface area contributed by atoms with E-state index >= 15 is 0 Å². The zero-order chi connectivity index (χ0) is 14.8. The molecule has 0 aliphatic carbocycles. The van der Waals surface area contributed by atoms with E-state index in [4.69, 9.17) is 0 Å². The average Bonchev–Trinajstić information content (AvgIpc) is 2.88. The number of benzene rings is 1. The van der Waals surface area contributed by atoms with Crippen LogP contribution in [0.2, 0.25) is 0 Å². The van der Waals surface area contributed by atoms with Gasteiger partial charge in [-0.1, -0.05) is 24.3 Å². The second kappa shape index (κ2) is 5.61. The van der Waals surface area contributed by atoms with Crippen LogP contribution in [-0.4, -0.2) is 26.5 Å². The molecule has 3 aromatic rings. The highest BCUT2D eigenvalue weighted by Gasteiger charge is 2.16. The summed E-state index contributed by atoms with van der Waals surface area (Å²) in [6.45, 7) is 7.16. The molecule has 0 aliphatic rings. The van der Waals surface area contributed by atoms with Crippen LogP contribution in [-0.2, 0) is 0 Å². The molecular weight excluding hydrogens is 262 g/mol. The lowest BCUT2D eigenvalue weighted by Gasteiger charge is -2.11. The van der Waals surface area contributed by atoms with Gasteiger partial charge in [-0.15, -0.1) is 5.10 Å². The Morgan fingerprint density at radius 2 is 2.14 bits per heavy atom. The van der Waals surface area contributed by atoms with Gasteiger partial charge >= 0.3 is 0 Å². The first-order valence-electron chi connectivity index (χ1n) is 7.21. The van der Waals surface area contributed by atoms with E-state index in [2.05, 4.69) is 47.5 Å². The molecule has 0 saturated carbocycles. The second-order valence-corrected chi connectivity index (χ2v) is 5.13. The molecule has 2 heterocycles. The molecule has 21 heavy (non-hydrogen) atoms. The molecule has 0 aliphatic heterocycles. The summed E-state index contributed by atoms with van der Waals surface area (Å²) >= 11 is 0. The molecule has 3 rings (SSSR count). The molecule has 0 spiro atoms. The molecule has 0 amide bonds. The molecule has 108 valence electrons. The minimum absolute atomic E-state index is 0.192. The predicted molar refractivity (Wildman–Crippen MR) is 83.5 cm³/mol. The lowest BCUT2D eigenvalue weighted by Crippen LogP contribution is -2.19. The maximum atomic E-state index is 4.35. The Morgan fingerprint density at radius 3 is 2.95 bits per heavy atom. The fraction of sp³-hybridized carbons (Fsp3) is 0.312. The molecule has 0 saturated heterocycles. The summed E-state index contributed by atoms with van der Waals surface area (Å²) in [7, 11) is 0. The van der Waals surface area contributed by atoms with Crippen LogP contribution >= 0.6 is 0 Å². The molecule has 0 fully saturated rings. The third-order valence-corrected chi connectivity index (χ3v) is 3.74. The topological polar surface area (TPSA) is 55.6 Å². The van der Waals surface area contributed by atoms with Crippen LogP contribution in [0.1, 0.15) is 31.3 Å². The molecule has 1 aromatic carbocycles. The maximum Gasteiger partial charge on any atom is 0.103 e. The quantitative estimate of drug-likeness (QED) is 0.799. The van der Waals surface area contributed by atoms with Crippen molar-refractivity contribution in [1.29, 1.82) is 0 Å². The number of nitrogens with one attached hydrogen (secondary N) is 1. The zero-order valence-corrected chi connectivity index (χ0v) is 12.5. The smallest absolute Gasteiger partial charge is 0.103 e. The Kier molecular flexibility index (Phi) is 3.66. The first-order chi connectivity index (χ1) is 10.2. The van der Waals surface area contributed by atoms with E-state index in [1.165, 1.54) is 0 Å². The van der Waals surface area contributed by atoms with Gasteiger partial charge in [0, 0.05) is 17.8 Å². The van der Waals surface area contributed by atoms with Crippen molar-refractivity contribution in [2.75, 3.05) is 6.54 Å². The maximum absolute atomic E-state index is 4.35. The van der Waals surface area contributed by atoms with E-state index in [0.717, 1.165) is 34.4 Å². The summed E-state index contributed by atoms with van der Waals surface area (Å²) in [4.78, 5) is 4.23. The number of rotatable bonds is 4. The van der Waals surface area contributed by atoms with Gasteiger partial charge in [0.15, 0.2) is 0 Å². The molecular formula is C16H19N5. The highest BCUT2D eigenvalue weighted by molar-refractivity contribution is 5.89. The Hall–Kier alpha value is -2.27. The number of aromatic nitrogens is 4. The molecule has 5 heteroatoms. The van der Waals surface area contributed by atoms with Crippen molar-refractivity contribution in [3.8, 4) is 5.69 Å². The first kappa shape index (κ1) is 13.7. The van der Waals surface area contributed by atoms with Gasteiger partial charge in [0.25, 0.3) is 0 Å². The lowest BCUT2D eigenvalue weighted by atomic mass is 10.1. The van der Waals surface area contributed by atoms with Gasteiger partial charge in [-0.2, -0.15) is 0 Å². The highest BCUT2D eigenvalue weighted by Crippen LogP contribution is 2.23. The van der Waals surface area contributed by atoms with Crippen molar-refractivity contribution in [2.45, 2.75) is 26.8 Å². The van der Waals surface area contributed by atoms with Crippen molar-refractivity contribution < 1.29 is 0 Å². The number of fused-ring (bicyclic) bond motifs is 1. The van der Waals surface area contributed by atoms with Crippen molar-refractivity contribution in [1.82, 2.24) is 25.3 Å². The van der Waals surface area contributed by atoms with Gasteiger partial charge in [-0.3, -0.25) is 4.98 Å². The van der Waals surface area contributed by atoms with Crippen LogP contribution in [0.15, 0.2) is 36.7 Å². The zero-order valence-electron chi connectivity index (χ0n) is 12.5. The third kappa shape index (κ3) is 2.40. The fourth-order valence-electron chi connectivity index (χ4n) is 2.65. The molecule has 2 aromatic heterocycles. The monoisotopic (exact) mass is 281 g/mol. The van der Waals surface area contributed by atoms with Crippen LogP contribution in [0.4, 0.5) is 0 Å². The Balaban J connectivity index is 2.12. The van der Waals surface area contributed by atoms with Crippen LogP contribution in [0.3, 0.4) is 0 Å². The van der Waals surface area contributed by atoms with Crippen molar-refractivity contribution >= 4 is 10.8 Å². The molecule has 0 radical (unpaired) electrons. The Labute approximate surface area is 124 Å². The SMILES string of the molecule is CCNC(C)c1nnn(-c2cccc3ccncc23)c1C. The molecule has 1 atom stereocenters. The summed E-state index contributed by atoms with van der Waals surface area (Å²) in [5.41, 5.74) is 3.05. The number of nitrogens with zero attached hydrogens (tertiary/aromatic N) is 4. The summed E-state index contributed by atoms with van der Waals surface area (Å²) in [6, 6.07) is 8.36. The van der Waals surface area contributed by atoms with Crippen molar-refractivity contribution in [2.24, 2.45) is 0 Å². The minimum Gasteiger partial charge on any atom is -0.309 e. The molecule has 1 N–H and O–H groups in total. The molecule has 0 bridgehead atoms. The van der Waals surface area contributed by atoms with Crippen molar-refractivity contribution in [3.05, 3.63) is 48.0 Å². The van der Waals surface area contributed by atoms with Gasteiger partial charge in [0.2, 0.25) is 0 Å². The van der Waals surface area contributed by atoms with Gasteiger partial charge in [0.05, 0.1) is 17.4 Å². The van der Waals surface area contributed by atoms with Gasteiger partial charge in [-0.05, 0) is 37.9 Å². The van der Waals surface area contributed by atoms with Crippen LogP contribution in [0.5, 0.6) is 0 Å². The normalized spacial score (nSPS) is 12.7. The second-order valence-electron chi connectivity index (χ2n) is 5.13. The van der Waals surface area contributed by atoms with E-state index in [-0.39, 0.29) is 6.04 Å². The molecule has 5 nitrogen and oxygen atoms in total. The summed E-state index contributed by atoms with van der Waals surface area (Å²) in [5, 5.41) is 14.3. The van der Waals surface area contributed by atoms with Crippen LogP contribution in [0.25, 0.3) is 16.5 Å². The predicted octanol–water partition coefficient (Wildman–Crippen LogP) is 2.79. The summed E-state index contributed by atoms with van der Waals surface area (Å²) in [6.07, 6.45) is 3.68. The molecule has 1 unspecified atom stereocenters. The average molecular weight is 281 g/mol. The van der Waals surface area contributed by atoms with Crippen molar-refractivity contribution in [3.63, 3.8) is 0 Å². The summed E-state index contributed by atoms with van der Waals surface area (Å²) in [5.74, 6) is 0. The van der Waals surface area contributed by atoms with Crippen LogP contribution < -0.4 is 5.32 Å². The van der Waals surface area contributed by atoms with E-state index < -0.39 is 0 Å². The number of hydrogen-bond donors (Lipinski definition) is 1. The Bertz CT molecular complexity index is 757. The Morgan fingerprint density at radius 1 is 1.29 bits per heavy atom. The lowest BCUT2D eigenvalue weighted by molar-refractivity contribution is 0.579.